The zero-order chi connectivity index (χ0) is 16.1. The van der Waals surface area contributed by atoms with Crippen molar-refractivity contribution in [2.75, 3.05) is 6.61 Å². The van der Waals surface area contributed by atoms with Crippen LogP contribution in [0.1, 0.15) is 12.5 Å². The van der Waals surface area contributed by atoms with E-state index in [1.807, 2.05) is 30.3 Å². The highest BCUT2D eigenvalue weighted by molar-refractivity contribution is 5.73. The number of amides is 1. The van der Waals surface area contributed by atoms with Crippen LogP contribution in [0.5, 0.6) is 0 Å². The second-order valence-corrected chi connectivity index (χ2v) is 5.23. The van der Waals surface area contributed by atoms with E-state index in [4.69, 9.17) is 9.47 Å². The minimum absolute atomic E-state index is 0.211. The van der Waals surface area contributed by atoms with Gasteiger partial charge in [-0.3, -0.25) is 4.79 Å². The summed E-state index contributed by atoms with van der Waals surface area (Å²) in [5, 5.41) is 31.7. The van der Waals surface area contributed by atoms with Crippen molar-refractivity contribution in [3.05, 3.63) is 35.9 Å². The van der Waals surface area contributed by atoms with Crippen LogP contribution in [0.25, 0.3) is 0 Å². The number of carbonyl (C=O) groups excluding carboxylic acids is 1. The monoisotopic (exact) mass is 311 g/mol. The highest BCUT2D eigenvalue weighted by Crippen LogP contribution is 2.23. The van der Waals surface area contributed by atoms with Gasteiger partial charge in [0, 0.05) is 6.92 Å². The fourth-order valence-corrected chi connectivity index (χ4v) is 2.37. The number of benzene rings is 1. The summed E-state index contributed by atoms with van der Waals surface area (Å²) in [7, 11) is 0. The van der Waals surface area contributed by atoms with Gasteiger partial charge in [-0.05, 0) is 5.56 Å². The number of hydrogen-bond acceptors (Lipinski definition) is 6. The van der Waals surface area contributed by atoms with Crippen molar-refractivity contribution in [1.82, 2.24) is 5.32 Å². The predicted molar refractivity (Wildman–Crippen MR) is 76.6 cm³/mol. The van der Waals surface area contributed by atoms with Crippen LogP contribution >= 0.6 is 0 Å². The molecule has 0 radical (unpaired) electrons. The Morgan fingerprint density at radius 3 is 2.55 bits per heavy atom. The lowest BCUT2D eigenvalue weighted by Gasteiger charge is -2.42. The van der Waals surface area contributed by atoms with Crippen molar-refractivity contribution >= 4 is 5.91 Å². The maximum atomic E-state index is 11.3. The first-order chi connectivity index (χ1) is 10.5. The third-order valence-electron chi connectivity index (χ3n) is 3.51. The van der Waals surface area contributed by atoms with Crippen LogP contribution in [0.3, 0.4) is 0 Å². The summed E-state index contributed by atoms with van der Waals surface area (Å²) in [5.74, 6) is -0.379. The zero-order valence-electron chi connectivity index (χ0n) is 12.3. The number of rotatable bonds is 5. The van der Waals surface area contributed by atoms with E-state index in [2.05, 4.69) is 5.32 Å². The molecule has 1 aliphatic rings. The summed E-state index contributed by atoms with van der Waals surface area (Å²) >= 11 is 0. The van der Waals surface area contributed by atoms with Gasteiger partial charge in [0.2, 0.25) is 5.91 Å². The van der Waals surface area contributed by atoms with Gasteiger partial charge in [0.1, 0.15) is 24.4 Å². The molecule has 0 aromatic heterocycles. The normalized spacial score (nSPS) is 31.7. The van der Waals surface area contributed by atoms with Crippen molar-refractivity contribution in [2.24, 2.45) is 0 Å². The van der Waals surface area contributed by atoms with Gasteiger partial charge in [-0.2, -0.15) is 0 Å². The molecule has 22 heavy (non-hydrogen) atoms. The number of hydrogen-bond donors (Lipinski definition) is 4. The summed E-state index contributed by atoms with van der Waals surface area (Å²) in [4.78, 5) is 11.3. The molecule has 0 spiro atoms. The van der Waals surface area contributed by atoms with E-state index < -0.39 is 37.3 Å². The SMILES string of the molecule is CC(=O)N[C@H]1[C@@H](OCc2ccccc2)O[C@H](CO)[C@@H](O)[C@H]1O. The average Bonchev–Trinajstić information content (AvgIpc) is 2.52. The maximum Gasteiger partial charge on any atom is 0.217 e. The van der Waals surface area contributed by atoms with E-state index in [0.717, 1.165) is 5.56 Å². The summed E-state index contributed by atoms with van der Waals surface area (Å²) < 4.78 is 11.1. The Morgan fingerprint density at radius 1 is 1.27 bits per heavy atom. The van der Waals surface area contributed by atoms with Crippen molar-refractivity contribution in [3.63, 3.8) is 0 Å². The average molecular weight is 311 g/mol. The molecule has 1 heterocycles. The molecule has 1 amide bonds. The van der Waals surface area contributed by atoms with E-state index in [0.29, 0.717) is 0 Å². The summed E-state index contributed by atoms with van der Waals surface area (Å²) in [6.45, 7) is 1.05. The van der Waals surface area contributed by atoms with E-state index in [1.165, 1.54) is 6.92 Å². The lowest BCUT2D eigenvalue weighted by Crippen LogP contribution is -2.64. The maximum absolute atomic E-state index is 11.3. The number of aliphatic hydroxyl groups excluding tert-OH is 3. The molecule has 0 aliphatic carbocycles. The Bertz CT molecular complexity index is 482. The molecule has 1 aliphatic heterocycles. The molecule has 1 saturated heterocycles. The first-order valence-corrected chi connectivity index (χ1v) is 7.08. The van der Waals surface area contributed by atoms with Crippen LogP contribution in [0.4, 0.5) is 0 Å². The van der Waals surface area contributed by atoms with Crippen molar-refractivity contribution < 1.29 is 29.6 Å². The van der Waals surface area contributed by atoms with Gasteiger partial charge in [-0.25, -0.2) is 0 Å². The highest BCUT2D eigenvalue weighted by Gasteiger charge is 2.45. The molecule has 122 valence electrons. The smallest absolute Gasteiger partial charge is 0.217 e. The van der Waals surface area contributed by atoms with Gasteiger partial charge in [-0.1, -0.05) is 30.3 Å². The minimum Gasteiger partial charge on any atom is -0.394 e. The first kappa shape index (κ1) is 16.9. The summed E-state index contributed by atoms with van der Waals surface area (Å²) in [6, 6.07) is 8.42. The summed E-state index contributed by atoms with van der Waals surface area (Å²) in [6.07, 6.45) is -4.55. The Balaban J connectivity index is 2.07. The van der Waals surface area contributed by atoms with Gasteiger partial charge in [0.15, 0.2) is 6.29 Å². The Kier molecular flexibility index (Phi) is 5.87. The van der Waals surface area contributed by atoms with Crippen LogP contribution in [0.15, 0.2) is 30.3 Å². The van der Waals surface area contributed by atoms with Gasteiger partial charge in [0.25, 0.3) is 0 Å². The van der Waals surface area contributed by atoms with Crippen molar-refractivity contribution in [3.8, 4) is 0 Å². The van der Waals surface area contributed by atoms with E-state index in [-0.39, 0.29) is 12.5 Å². The zero-order valence-corrected chi connectivity index (χ0v) is 12.3. The fraction of sp³-hybridized carbons (Fsp3) is 0.533. The molecule has 1 aromatic rings. The molecule has 0 saturated carbocycles. The van der Waals surface area contributed by atoms with Gasteiger partial charge in [0.05, 0.1) is 13.2 Å². The van der Waals surface area contributed by atoms with Gasteiger partial charge in [-0.15, -0.1) is 0 Å². The molecule has 5 atom stereocenters. The summed E-state index contributed by atoms with van der Waals surface area (Å²) in [5.41, 5.74) is 0.897. The number of ether oxygens (including phenoxy) is 2. The lowest BCUT2D eigenvalue weighted by molar-refractivity contribution is -0.273. The first-order valence-electron chi connectivity index (χ1n) is 7.08. The van der Waals surface area contributed by atoms with Crippen molar-refractivity contribution in [2.45, 2.75) is 44.2 Å². The minimum atomic E-state index is -1.31. The predicted octanol–water partition coefficient (Wildman–Crippen LogP) is -0.853. The van der Waals surface area contributed by atoms with Crippen LogP contribution < -0.4 is 5.32 Å². The third-order valence-corrected chi connectivity index (χ3v) is 3.51. The van der Waals surface area contributed by atoms with Crippen LogP contribution in [0, 0.1) is 0 Å². The van der Waals surface area contributed by atoms with Crippen molar-refractivity contribution in [1.29, 1.82) is 0 Å². The standard InChI is InChI=1S/C15H21NO6/c1-9(18)16-12-14(20)13(19)11(7-17)22-15(12)21-8-10-5-3-2-4-6-10/h2-6,11-15,17,19-20H,7-8H2,1H3,(H,16,18)/t11-,12-,13-,14+,15+/m1/s1. The van der Waals surface area contributed by atoms with Crippen LogP contribution in [-0.4, -0.2) is 58.5 Å². The molecule has 0 bridgehead atoms. The lowest BCUT2D eigenvalue weighted by atomic mass is 9.97. The molecule has 4 N–H and O–H groups in total. The van der Waals surface area contributed by atoms with E-state index in [9.17, 15) is 20.1 Å². The molecule has 7 nitrogen and oxygen atoms in total. The highest BCUT2D eigenvalue weighted by atomic mass is 16.7. The topological polar surface area (TPSA) is 108 Å². The van der Waals surface area contributed by atoms with Gasteiger partial charge < -0.3 is 30.1 Å². The number of carbonyl (C=O) groups is 1. The number of aliphatic hydroxyl groups is 3. The van der Waals surface area contributed by atoms with E-state index in [1.54, 1.807) is 0 Å². The molecule has 0 unspecified atom stereocenters. The Morgan fingerprint density at radius 2 is 1.95 bits per heavy atom. The van der Waals surface area contributed by atoms with Crippen LogP contribution in [-0.2, 0) is 20.9 Å². The molecule has 2 rings (SSSR count). The molecule has 1 fully saturated rings. The molecule has 1 aromatic carbocycles. The largest absolute Gasteiger partial charge is 0.394 e. The Hall–Kier alpha value is -1.51. The second-order valence-electron chi connectivity index (χ2n) is 5.23. The quantitative estimate of drug-likeness (QED) is 0.564. The molecular weight excluding hydrogens is 290 g/mol. The van der Waals surface area contributed by atoms with Gasteiger partial charge >= 0.3 is 0 Å². The molecule has 7 heteroatoms. The molecular formula is C15H21NO6. The fourth-order valence-electron chi connectivity index (χ4n) is 2.37. The van der Waals surface area contributed by atoms with E-state index >= 15 is 0 Å². The second kappa shape index (κ2) is 7.66. The number of nitrogens with one attached hydrogen (secondary N) is 1. The van der Waals surface area contributed by atoms with Crippen LogP contribution in [0.2, 0.25) is 0 Å². The third kappa shape index (κ3) is 4.02. The Labute approximate surface area is 128 Å².